The molecule has 0 spiro atoms. The second kappa shape index (κ2) is 8.12. The number of hydrogen-bond donors (Lipinski definition) is 2. The van der Waals surface area contributed by atoms with Crippen LogP contribution in [-0.4, -0.2) is 35.2 Å². The SMILES string of the molecule is CSC(C)CCNC(=O)CCC(C)O. The van der Waals surface area contributed by atoms with Gasteiger partial charge in [0.15, 0.2) is 0 Å². The van der Waals surface area contributed by atoms with Gasteiger partial charge in [0.05, 0.1) is 6.10 Å². The summed E-state index contributed by atoms with van der Waals surface area (Å²) in [4.78, 5) is 11.2. The maximum Gasteiger partial charge on any atom is 0.220 e. The fourth-order valence-corrected chi connectivity index (χ4v) is 1.31. The largest absolute Gasteiger partial charge is 0.393 e. The third-order valence-corrected chi connectivity index (χ3v) is 3.11. The van der Waals surface area contributed by atoms with Gasteiger partial charge < -0.3 is 10.4 Å². The van der Waals surface area contributed by atoms with Gasteiger partial charge in [-0.1, -0.05) is 6.92 Å². The highest BCUT2D eigenvalue weighted by Gasteiger charge is 2.04. The zero-order valence-corrected chi connectivity index (χ0v) is 10.1. The van der Waals surface area contributed by atoms with E-state index in [1.807, 2.05) is 0 Å². The van der Waals surface area contributed by atoms with Gasteiger partial charge in [-0.15, -0.1) is 0 Å². The van der Waals surface area contributed by atoms with E-state index in [-0.39, 0.29) is 12.0 Å². The Morgan fingerprint density at radius 2 is 2.07 bits per heavy atom. The van der Waals surface area contributed by atoms with Crippen molar-refractivity contribution in [3.8, 4) is 0 Å². The Balaban J connectivity index is 3.35. The van der Waals surface area contributed by atoms with Gasteiger partial charge in [-0.25, -0.2) is 0 Å². The first-order chi connectivity index (χ1) is 6.56. The predicted octanol–water partition coefficient (Wildman–Crippen LogP) is 1.41. The molecule has 0 aliphatic carbocycles. The van der Waals surface area contributed by atoms with E-state index in [4.69, 9.17) is 5.11 Å². The Hall–Kier alpha value is -0.220. The van der Waals surface area contributed by atoms with Crippen molar-refractivity contribution < 1.29 is 9.90 Å². The lowest BCUT2D eigenvalue weighted by molar-refractivity contribution is -0.121. The number of nitrogens with one attached hydrogen (secondary N) is 1. The molecule has 0 aliphatic rings. The number of amides is 1. The van der Waals surface area contributed by atoms with Gasteiger partial charge in [0, 0.05) is 18.2 Å². The van der Waals surface area contributed by atoms with Crippen LogP contribution in [0.4, 0.5) is 0 Å². The summed E-state index contributed by atoms with van der Waals surface area (Å²) >= 11 is 1.80. The molecule has 0 saturated heterocycles. The standard InChI is InChI=1S/C10H21NO2S/c1-8(12)4-5-10(13)11-7-6-9(2)14-3/h8-9,12H,4-7H2,1-3H3,(H,11,13). The highest BCUT2D eigenvalue weighted by Crippen LogP contribution is 2.07. The van der Waals surface area contributed by atoms with Crippen molar-refractivity contribution in [1.82, 2.24) is 5.32 Å². The van der Waals surface area contributed by atoms with E-state index < -0.39 is 0 Å². The first-order valence-corrected chi connectivity index (χ1v) is 6.32. The van der Waals surface area contributed by atoms with Crippen LogP contribution < -0.4 is 5.32 Å². The van der Waals surface area contributed by atoms with Crippen molar-refractivity contribution in [1.29, 1.82) is 0 Å². The van der Waals surface area contributed by atoms with Crippen molar-refractivity contribution >= 4 is 17.7 Å². The quantitative estimate of drug-likeness (QED) is 0.680. The van der Waals surface area contributed by atoms with E-state index in [1.54, 1.807) is 18.7 Å². The zero-order chi connectivity index (χ0) is 11.0. The molecule has 0 heterocycles. The Labute approximate surface area is 90.7 Å². The van der Waals surface area contributed by atoms with E-state index in [0.29, 0.717) is 18.1 Å². The van der Waals surface area contributed by atoms with Crippen LogP contribution in [-0.2, 0) is 4.79 Å². The Morgan fingerprint density at radius 3 is 2.57 bits per heavy atom. The number of aliphatic hydroxyl groups excluding tert-OH is 1. The number of aliphatic hydroxyl groups is 1. The Bertz CT molecular complexity index is 162. The molecule has 0 aromatic carbocycles. The molecule has 2 N–H and O–H groups in total. The summed E-state index contributed by atoms with van der Waals surface area (Å²) < 4.78 is 0. The molecule has 0 aromatic rings. The van der Waals surface area contributed by atoms with Gasteiger partial charge in [0.25, 0.3) is 0 Å². The summed E-state index contributed by atoms with van der Waals surface area (Å²) in [5.41, 5.74) is 0. The van der Waals surface area contributed by atoms with Crippen molar-refractivity contribution in [2.75, 3.05) is 12.8 Å². The number of thioether (sulfide) groups is 1. The molecule has 14 heavy (non-hydrogen) atoms. The second-order valence-electron chi connectivity index (χ2n) is 3.57. The minimum atomic E-state index is -0.383. The molecule has 0 rings (SSSR count). The van der Waals surface area contributed by atoms with Crippen molar-refractivity contribution in [3.05, 3.63) is 0 Å². The summed E-state index contributed by atoms with van der Waals surface area (Å²) in [7, 11) is 0. The molecule has 4 heteroatoms. The summed E-state index contributed by atoms with van der Waals surface area (Å²) in [6.45, 7) is 4.58. The van der Waals surface area contributed by atoms with Crippen LogP contribution in [0.1, 0.15) is 33.1 Å². The van der Waals surface area contributed by atoms with Crippen molar-refractivity contribution in [2.24, 2.45) is 0 Å². The lowest BCUT2D eigenvalue weighted by atomic mass is 10.2. The average molecular weight is 219 g/mol. The van der Waals surface area contributed by atoms with E-state index in [0.717, 1.165) is 13.0 Å². The van der Waals surface area contributed by atoms with Crippen LogP contribution in [0, 0.1) is 0 Å². The molecule has 0 saturated carbocycles. The van der Waals surface area contributed by atoms with E-state index in [2.05, 4.69) is 18.5 Å². The summed E-state index contributed by atoms with van der Waals surface area (Å²) in [5, 5.41) is 12.4. The van der Waals surface area contributed by atoms with Gasteiger partial charge in [-0.2, -0.15) is 11.8 Å². The Morgan fingerprint density at radius 1 is 1.43 bits per heavy atom. The predicted molar refractivity (Wildman–Crippen MR) is 61.5 cm³/mol. The molecule has 1 amide bonds. The van der Waals surface area contributed by atoms with E-state index in [1.165, 1.54) is 0 Å². The molecule has 0 aromatic heterocycles. The number of rotatable bonds is 7. The monoisotopic (exact) mass is 219 g/mol. The Kier molecular flexibility index (Phi) is 7.99. The second-order valence-corrected chi connectivity index (χ2v) is 4.85. The molecule has 0 radical (unpaired) electrons. The highest BCUT2D eigenvalue weighted by molar-refractivity contribution is 7.99. The third kappa shape index (κ3) is 8.38. The van der Waals surface area contributed by atoms with Crippen LogP contribution in [0.5, 0.6) is 0 Å². The molecule has 2 atom stereocenters. The first-order valence-electron chi connectivity index (χ1n) is 5.03. The smallest absolute Gasteiger partial charge is 0.220 e. The molecule has 3 nitrogen and oxygen atoms in total. The average Bonchev–Trinajstić information content (AvgIpc) is 2.14. The topological polar surface area (TPSA) is 49.3 Å². The van der Waals surface area contributed by atoms with Gasteiger partial charge in [0.1, 0.15) is 0 Å². The zero-order valence-electron chi connectivity index (χ0n) is 9.25. The van der Waals surface area contributed by atoms with Crippen molar-refractivity contribution in [3.63, 3.8) is 0 Å². The molecule has 84 valence electrons. The van der Waals surface area contributed by atoms with Gasteiger partial charge >= 0.3 is 0 Å². The minimum Gasteiger partial charge on any atom is -0.393 e. The summed E-state index contributed by atoms with van der Waals surface area (Å²) in [6, 6.07) is 0. The van der Waals surface area contributed by atoms with E-state index in [9.17, 15) is 4.79 Å². The number of hydrogen-bond acceptors (Lipinski definition) is 3. The fourth-order valence-electron chi connectivity index (χ4n) is 0.961. The van der Waals surface area contributed by atoms with Gasteiger partial charge in [-0.3, -0.25) is 4.79 Å². The number of carbonyl (C=O) groups is 1. The van der Waals surface area contributed by atoms with Crippen LogP contribution in [0.25, 0.3) is 0 Å². The molecule has 2 unspecified atom stereocenters. The van der Waals surface area contributed by atoms with Crippen molar-refractivity contribution in [2.45, 2.75) is 44.5 Å². The molecular formula is C10H21NO2S. The molecule has 0 aliphatic heterocycles. The van der Waals surface area contributed by atoms with E-state index >= 15 is 0 Å². The highest BCUT2D eigenvalue weighted by atomic mass is 32.2. The number of carbonyl (C=O) groups excluding carboxylic acids is 1. The van der Waals surface area contributed by atoms with Crippen LogP contribution >= 0.6 is 11.8 Å². The first kappa shape index (κ1) is 13.8. The minimum absolute atomic E-state index is 0.0409. The molecule has 0 fully saturated rings. The molecule has 0 bridgehead atoms. The summed E-state index contributed by atoms with van der Waals surface area (Å²) in [5.74, 6) is 0.0409. The van der Waals surface area contributed by atoms with Crippen LogP contribution in [0.15, 0.2) is 0 Å². The lowest BCUT2D eigenvalue weighted by Gasteiger charge is -2.09. The van der Waals surface area contributed by atoms with Gasteiger partial charge in [-0.05, 0) is 26.0 Å². The van der Waals surface area contributed by atoms with Crippen LogP contribution in [0.2, 0.25) is 0 Å². The lowest BCUT2D eigenvalue weighted by Crippen LogP contribution is -2.26. The maximum atomic E-state index is 11.2. The molecular weight excluding hydrogens is 198 g/mol. The maximum absolute atomic E-state index is 11.2. The fraction of sp³-hybridized carbons (Fsp3) is 0.900. The normalized spacial score (nSPS) is 14.9. The summed E-state index contributed by atoms with van der Waals surface area (Å²) in [6.07, 6.45) is 3.65. The van der Waals surface area contributed by atoms with Crippen LogP contribution in [0.3, 0.4) is 0 Å². The van der Waals surface area contributed by atoms with Gasteiger partial charge in [0.2, 0.25) is 5.91 Å². The third-order valence-electron chi connectivity index (χ3n) is 2.06.